The average molecular weight is 286 g/mol. The summed E-state index contributed by atoms with van der Waals surface area (Å²) >= 11 is 3.56. The molecule has 0 aliphatic rings. The van der Waals surface area contributed by atoms with Crippen LogP contribution in [-0.4, -0.2) is 17.3 Å². The van der Waals surface area contributed by atoms with Crippen LogP contribution in [0.5, 0.6) is 0 Å². The summed E-state index contributed by atoms with van der Waals surface area (Å²) in [6.07, 6.45) is 2.20. The van der Waals surface area contributed by atoms with Crippen molar-refractivity contribution in [2.75, 3.05) is 0 Å². The molecule has 0 saturated heterocycles. The third kappa shape index (κ3) is 3.89. The lowest BCUT2D eigenvalue weighted by atomic mass is 10.0. The van der Waals surface area contributed by atoms with Gasteiger partial charge in [0.15, 0.2) is 0 Å². The fraction of sp³-hybridized carbons (Fsp3) is 0.538. The molecule has 0 radical (unpaired) electrons. The van der Waals surface area contributed by atoms with Crippen LogP contribution in [0.3, 0.4) is 0 Å². The molecule has 0 aliphatic heterocycles. The number of nitrogens with two attached hydrogens (primary N) is 1. The third-order valence-electron chi connectivity index (χ3n) is 2.83. The third-order valence-corrected chi connectivity index (χ3v) is 3.57. The van der Waals surface area contributed by atoms with Gasteiger partial charge in [-0.3, -0.25) is 0 Å². The van der Waals surface area contributed by atoms with E-state index >= 15 is 0 Å². The molecule has 2 atom stereocenters. The molecular formula is C13H20BrNO. The summed E-state index contributed by atoms with van der Waals surface area (Å²) in [6.45, 7) is 3.97. The van der Waals surface area contributed by atoms with E-state index in [1.165, 1.54) is 11.1 Å². The van der Waals surface area contributed by atoms with E-state index in [2.05, 4.69) is 41.1 Å². The molecule has 0 amide bonds. The monoisotopic (exact) mass is 285 g/mol. The molecule has 1 aromatic carbocycles. The molecule has 90 valence electrons. The minimum Gasteiger partial charge on any atom is -0.392 e. The molecule has 0 bridgehead atoms. The van der Waals surface area contributed by atoms with E-state index in [0.29, 0.717) is 0 Å². The second kappa shape index (κ2) is 6.38. The van der Waals surface area contributed by atoms with E-state index in [9.17, 15) is 5.11 Å². The Bertz CT molecular complexity index is 339. The van der Waals surface area contributed by atoms with Crippen LogP contribution in [0, 0.1) is 0 Å². The van der Waals surface area contributed by atoms with Gasteiger partial charge in [0.25, 0.3) is 0 Å². The van der Waals surface area contributed by atoms with Gasteiger partial charge in [0.05, 0.1) is 6.10 Å². The molecule has 0 heterocycles. The minimum atomic E-state index is -0.412. The highest BCUT2D eigenvalue weighted by molar-refractivity contribution is 9.10. The number of hydrogen-bond acceptors (Lipinski definition) is 2. The Balaban J connectivity index is 2.58. The first-order valence-corrected chi connectivity index (χ1v) is 6.54. The molecule has 0 saturated carbocycles. The van der Waals surface area contributed by atoms with Gasteiger partial charge >= 0.3 is 0 Å². The topological polar surface area (TPSA) is 46.2 Å². The van der Waals surface area contributed by atoms with Gasteiger partial charge < -0.3 is 10.8 Å². The van der Waals surface area contributed by atoms with Crippen LogP contribution >= 0.6 is 15.9 Å². The van der Waals surface area contributed by atoms with Crippen LogP contribution in [0.4, 0.5) is 0 Å². The Morgan fingerprint density at radius 1 is 1.44 bits per heavy atom. The molecule has 2 unspecified atom stereocenters. The first-order valence-electron chi connectivity index (χ1n) is 5.75. The summed E-state index contributed by atoms with van der Waals surface area (Å²) in [4.78, 5) is 0. The number of aryl methyl sites for hydroxylation is 2. The van der Waals surface area contributed by atoms with E-state index in [0.717, 1.165) is 23.7 Å². The zero-order valence-corrected chi connectivity index (χ0v) is 11.5. The maximum atomic E-state index is 9.62. The summed E-state index contributed by atoms with van der Waals surface area (Å²) in [5.74, 6) is 0. The first-order chi connectivity index (χ1) is 7.54. The van der Waals surface area contributed by atoms with Crippen molar-refractivity contribution < 1.29 is 5.11 Å². The predicted molar refractivity (Wildman–Crippen MR) is 71.5 cm³/mol. The van der Waals surface area contributed by atoms with Crippen molar-refractivity contribution in [1.29, 1.82) is 0 Å². The van der Waals surface area contributed by atoms with Gasteiger partial charge in [-0.15, -0.1) is 0 Å². The minimum absolute atomic E-state index is 0.154. The van der Waals surface area contributed by atoms with Crippen LogP contribution in [0.15, 0.2) is 22.7 Å². The molecular weight excluding hydrogens is 266 g/mol. The fourth-order valence-electron chi connectivity index (χ4n) is 1.61. The van der Waals surface area contributed by atoms with Crippen molar-refractivity contribution in [3.8, 4) is 0 Å². The van der Waals surface area contributed by atoms with Crippen LogP contribution in [-0.2, 0) is 12.8 Å². The van der Waals surface area contributed by atoms with Crippen LogP contribution in [0.2, 0.25) is 0 Å². The Labute approximate surface area is 106 Å². The quantitative estimate of drug-likeness (QED) is 0.874. The van der Waals surface area contributed by atoms with Crippen LogP contribution in [0.1, 0.15) is 31.4 Å². The van der Waals surface area contributed by atoms with Gasteiger partial charge in [0.1, 0.15) is 0 Å². The lowest BCUT2D eigenvalue weighted by Gasteiger charge is -2.14. The lowest BCUT2D eigenvalue weighted by molar-refractivity contribution is 0.141. The molecule has 16 heavy (non-hydrogen) atoms. The molecule has 0 fully saturated rings. The van der Waals surface area contributed by atoms with E-state index in [4.69, 9.17) is 5.73 Å². The van der Waals surface area contributed by atoms with Crippen LogP contribution in [0.25, 0.3) is 0 Å². The normalized spacial score (nSPS) is 14.8. The molecule has 0 aliphatic carbocycles. The summed E-state index contributed by atoms with van der Waals surface area (Å²) in [6, 6.07) is 6.24. The number of halogens is 1. The second-order valence-electron chi connectivity index (χ2n) is 4.24. The molecule has 1 rings (SSSR count). The highest BCUT2D eigenvalue weighted by atomic mass is 79.9. The summed E-state index contributed by atoms with van der Waals surface area (Å²) in [7, 11) is 0. The van der Waals surface area contributed by atoms with E-state index in [-0.39, 0.29) is 6.04 Å². The number of benzene rings is 1. The number of aliphatic hydroxyl groups is 1. The Morgan fingerprint density at radius 3 is 2.62 bits per heavy atom. The van der Waals surface area contributed by atoms with Crippen LogP contribution < -0.4 is 5.73 Å². The smallest absolute Gasteiger partial charge is 0.0691 e. The molecule has 0 spiro atoms. The maximum Gasteiger partial charge on any atom is 0.0691 e. The van der Waals surface area contributed by atoms with Crippen molar-refractivity contribution >= 4 is 15.9 Å². The summed E-state index contributed by atoms with van der Waals surface area (Å²) in [5, 5.41) is 9.62. The Hall–Kier alpha value is -0.380. The highest BCUT2D eigenvalue weighted by Crippen LogP contribution is 2.20. The van der Waals surface area contributed by atoms with Crippen molar-refractivity contribution in [2.24, 2.45) is 5.73 Å². The van der Waals surface area contributed by atoms with Crippen molar-refractivity contribution in [1.82, 2.24) is 0 Å². The standard InChI is InChI=1S/C13H20BrNO/c1-3-11-6-4-10(8-12(11)14)5-7-13(16)9(2)15/h4,6,8-9,13,16H,3,5,7,15H2,1-2H3. The van der Waals surface area contributed by atoms with Gasteiger partial charge in [0, 0.05) is 10.5 Å². The average Bonchev–Trinajstić information content (AvgIpc) is 2.25. The van der Waals surface area contributed by atoms with Gasteiger partial charge in [-0.2, -0.15) is 0 Å². The predicted octanol–water partition coefficient (Wildman–Crippen LogP) is 2.65. The van der Waals surface area contributed by atoms with Crippen molar-refractivity contribution in [3.05, 3.63) is 33.8 Å². The van der Waals surface area contributed by atoms with Gasteiger partial charge in [0.2, 0.25) is 0 Å². The molecule has 3 heteroatoms. The van der Waals surface area contributed by atoms with E-state index in [1.54, 1.807) is 0 Å². The van der Waals surface area contributed by atoms with Gasteiger partial charge in [-0.25, -0.2) is 0 Å². The maximum absolute atomic E-state index is 9.62. The molecule has 3 N–H and O–H groups in total. The van der Waals surface area contributed by atoms with Gasteiger partial charge in [-0.05, 0) is 43.4 Å². The number of rotatable bonds is 5. The lowest BCUT2D eigenvalue weighted by Crippen LogP contribution is -2.31. The van der Waals surface area contributed by atoms with E-state index < -0.39 is 6.10 Å². The number of hydrogen-bond donors (Lipinski definition) is 2. The SMILES string of the molecule is CCc1ccc(CCC(O)C(C)N)cc1Br. The Kier molecular flexibility index (Phi) is 5.46. The molecule has 0 aromatic heterocycles. The van der Waals surface area contributed by atoms with Crippen molar-refractivity contribution in [3.63, 3.8) is 0 Å². The summed E-state index contributed by atoms with van der Waals surface area (Å²) in [5.41, 5.74) is 8.17. The molecule has 1 aromatic rings. The largest absolute Gasteiger partial charge is 0.392 e. The van der Waals surface area contributed by atoms with Crippen molar-refractivity contribution in [2.45, 2.75) is 45.3 Å². The number of aliphatic hydroxyl groups excluding tert-OH is 1. The zero-order chi connectivity index (χ0) is 12.1. The highest BCUT2D eigenvalue weighted by Gasteiger charge is 2.09. The van der Waals surface area contributed by atoms with E-state index in [1.807, 2.05) is 6.92 Å². The Morgan fingerprint density at radius 2 is 2.12 bits per heavy atom. The first kappa shape index (κ1) is 13.7. The molecule has 2 nitrogen and oxygen atoms in total. The van der Waals surface area contributed by atoms with Gasteiger partial charge in [-0.1, -0.05) is 35.0 Å². The zero-order valence-electron chi connectivity index (χ0n) is 9.91. The summed E-state index contributed by atoms with van der Waals surface area (Å²) < 4.78 is 1.16. The second-order valence-corrected chi connectivity index (χ2v) is 5.10. The fourth-order valence-corrected chi connectivity index (χ4v) is 2.32.